The van der Waals surface area contributed by atoms with E-state index < -0.39 is 0 Å². The molecule has 0 unspecified atom stereocenters. The molecule has 0 aliphatic rings. The van der Waals surface area contributed by atoms with Gasteiger partial charge in [-0.15, -0.1) is 11.3 Å². The minimum atomic E-state index is -0.154. The number of thiazole rings is 1. The molecule has 0 aliphatic carbocycles. The number of fused-ring (bicyclic) bond motifs is 1. The van der Waals surface area contributed by atoms with E-state index in [1.165, 1.54) is 0 Å². The summed E-state index contributed by atoms with van der Waals surface area (Å²) in [6.07, 6.45) is 1.95. The van der Waals surface area contributed by atoms with Crippen LogP contribution in [0, 0.1) is 0 Å². The number of carbonyl (C=O) groups is 1. The quantitative estimate of drug-likeness (QED) is 0.428. The Labute approximate surface area is 169 Å². The minimum absolute atomic E-state index is 0.154. The molecular weight excluding hydrogens is 420 g/mol. The Hall–Kier alpha value is -2.76. The highest BCUT2D eigenvalue weighted by atomic mass is 79.9. The number of halogens is 1. The van der Waals surface area contributed by atoms with Crippen molar-refractivity contribution in [3.05, 3.63) is 99.5 Å². The lowest BCUT2D eigenvalue weighted by Gasteiger charge is -2.08. The number of nitrogens with zero attached hydrogens (tertiary/aromatic N) is 1. The van der Waals surface area contributed by atoms with Crippen LogP contribution in [-0.4, -0.2) is 10.9 Å². The van der Waals surface area contributed by atoms with Crippen LogP contribution in [0.25, 0.3) is 22.0 Å². The van der Waals surface area contributed by atoms with Gasteiger partial charge in [0.25, 0.3) is 5.91 Å². The molecular formula is C22H15BrN2OS. The van der Waals surface area contributed by atoms with Gasteiger partial charge in [-0.05, 0) is 48.0 Å². The molecule has 4 aromatic rings. The molecule has 1 heterocycles. The number of hydrogen-bond donors (Lipinski definition) is 1. The van der Waals surface area contributed by atoms with Crippen LogP contribution in [0.2, 0.25) is 0 Å². The molecule has 0 bridgehead atoms. The molecule has 132 valence electrons. The van der Waals surface area contributed by atoms with E-state index in [4.69, 9.17) is 4.98 Å². The van der Waals surface area contributed by atoms with Crippen molar-refractivity contribution in [1.29, 1.82) is 0 Å². The maximum Gasteiger partial charge on any atom is 0.255 e. The third-order valence-corrected chi connectivity index (χ3v) is 5.59. The second-order valence-electron chi connectivity index (χ2n) is 5.92. The molecule has 3 aromatic carbocycles. The van der Waals surface area contributed by atoms with Gasteiger partial charge in [0.15, 0.2) is 0 Å². The summed E-state index contributed by atoms with van der Waals surface area (Å²) >= 11 is 5.01. The van der Waals surface area contributed by atoms with Gasteiger partial charge < -0.3 is 5.32 Å². The van der Waals surface area contributed by atoms with E-state index >= 15 is 0 Å². The average molecular weight is 435 g/mol. The maximum absolute atomic E-state index is 12.7. The van der Waals surface area contributed by atoms with E-state index in [-0.39, 0.29) is 5.91 Å². The van der Waals surface area contributed by atoms with Crippen molar-refractivity contribution < 1.29 is 4.79 Å². The van der Waals surface area contributed by atoms with Gasteiger partial charge in [0.05, 0.1) is 15.9 Å². The highest BCUT2D eigenvalue weighted by molar-refractivity contribution is 9.10. The third kappa shape index (κ3) is 4.15. The average Bonchev–Trinajstić information content (AvgIpc) is 3.14. The van der Waals surface area contributed by atoms with Crippen molar-refractivity contribution in [3.8, 4) is 0 Å². The lowest BCUT2D eigenvalue weighted by molar-refractivity contribution is 0.0974. The van der Waals surface area contributed by atoms with E-state index in [1.807, 2.05) is 72.8 Å². The van der Waals surface area contributed by atoms with E-state index in [9.17, 15) is 4.79 Å². The fourth-order valence-corrected chi connectivity index (χ4v) is 3.85. The summed E-state index contributed by atoms with van der Waals surface area (Å²) in [4.78, 5) is 17.4. The van der Waals surface area contributed by atoms with Gasteiger partial charge in [0.2, 0.25) is 0 Å². The summed E-state index contributed by atoms with van der Waals surface area (Å²) in [6, 6.07) is 25.1. The molecule has 0 saturated heterocycles. The largest absolute Gasteiger partial charge is 0.319 e. The van der Waals surface area contributed by atoms with Gasteiger partial charge >= 0.3 is 0 Å². The number of amides is 1. The normalized spacial score (nSPS) is 11.5. The van der Waals surface area contributed by atoms with Crippen molar-refractivity contribution in [2.45, 2.75) is 0 Å². The van der Waals surface area contributed by atoms with Crippen LogP contribution in [0.4, 0.5) is 0 Å². The van der Waals surface area contributed by atoms with Crippen molar-refractivity contribution >= 4 is 55.2 Å². The predicted octanol–water partition coefficient (Wildman–Crippen LogP) is 5.99. The summed E-state index contributed by atoms with van der Waals surface area (Å²) in [6.45, 7) is 0. The molecule has 0 spiro atoms. The molecule has 5 heteroatoms. The van der Waals surface area contributed by atoms with Gasteiger partial charge in [-0.2, -0.15) is 0 Å². The predicted molar refractivity (Wildman–Crippen MR) is 116 cm³/mol. The van der Waals surface area contributed by atoms with E-state index in [0.29, 0.717) is 11.3 Å². The van der Waals surface area contributed by atoms with E-state index in [2.05, 4.69) is 21.2 Å². The summed E-state index contributed by atoms with van der Waals surface area (Å²) in [5.74, 6) is -0.154. The number of para-hydroxylation sites is 1. The first-order valence-corrected chi connectivity index (χ1v) is 9.99. The second kappa shape index (κ2) is 7.86. The van der Waals surface area contributed by atoms with Gasteiger partial charge in [-0.3, -0.25) is 4.79 Å². The Kier molecular flexibility index (Phi) is 5.14. The van der Waals surface area contributed by atoms with Crippen LogP contribution in [0.15, 0.2) is 83.3 Å². The SMILES string of the molecule is O=C(N/C(=C/c1ccc(Br)cc1)c1nc2ccccc2s1)c1ccccc1. The molecule has 1 aromatic heterocycles. The lowest BCUT2D eigenvalue weighted by atomic mass is 10.1. The Bertz CT molecular complexity index is 1080. The maximum atomic E-state index is 12.7. The zero-order valence-corrected chi connectivity index (χ0v) is 16.6. The molecule has 4 rings (SSSR count). The lowest BCUT2D eigenvalue weighted by Crippen LogP contribution is -2.21. The van der Waals surface area contributed by atoms with Crippen LogP contribution >= 0.6 is 27.3 Å². The molecule has 1 amide bonds. The highest BCUT2D eigenvalue weighted by Gasteiger charge is 2.13. The molecule has 0 fully saturated rings. The number of rotatable bonds is 4. The molecule has 27 heavy (non-hydrogen) atoms. The van der Waals surface area contributed by atoms with Crippen LogP contribution in [0.3, 0.4) is 0 Å². The molecule has 3 nitrogen and oxygen atoms in total. The number of aromatic nitrogens is 1. The van der Waals surface area contributed by atoms with Gasteiger partial charge in [-0.1, -0.05) is 58.4 Å². The highest BCUT2D eigenvalue weighted by Crippen LogP contribution is 2.27. The van der Waals surface area contributed by atoms with Crippen molar-refractivity contribution in [2.24, 2.45) is 0 Å². The Morgan fingerprint density at radius 2 is 1.63 bits per heavy atom. The third-order valence-electron chi connectivity index (χ3n) is 3.99. The minimum Gasteiger partial charge on any atom is -0.319 e. The standard InChI is InChI=1S/C22H15BrN2OS/c23-17-12-10-15(11-13-17)14-19(24-21(26)16-6-2-1-3-7-16)22-25-18-8-4-5-9-20(18)27-22/h1-14H,(H,24,26)/b19-14+. The Morgan fingerprint density at radius 1 is 0.926 bits per heavy atom. The van der Waals surface area contributed by atoms with Crippen molar-refractivity contribution in [3.63, 3.8) is 0 Å². The first-order chi connectivity index (χ1) is 13.2. The Morgan fingerprint density at radius 3 is 2.37 bits per heavy atom. The zero-order valence-electron chi connectivity index (χ0n) is 14.2. The zero-order chi connectivity index (χ0) is 18.6. The Balaban J connectivity index is 1.74. The van der Waals surface area contributed by atoms with Crippen molar-refractivity contribution in [2.75, 3.05) is 0 Å². The smallest absolute Gasteiger partial charge is 0.255 e. The number of benzene rings is 3. The molecule has 0 saturated carbocycles. The molecule has 0 radical (unpaired) electrons. The number of carbonyl (C=O) groups excluding carboxylic acids is 1. The molecule has 0 atom stereocenters. The van der Waals surface area contributed by atoms with E-state index in [1.54, 1.807) is 23.5 Å². The van der Waals surface area contributed by atoms with Crippen LogP contribution < -0.4 is 5.32 Å². The fraction of sp³-hybridized carbons (Fsp3) is 0. The topological polar surface area (TPSA) is 42.0 Å². The van der Waals surface area contributed by atoms with Gasteiger partial charge in [0, 0.05) is 10.0 Å². The first-order valence-electron chi connectivity index (χ1n) is 8.39. The summed E-state index contributed by atoms with van der Waals surface area (Å²) in [5, 5.41) is 3.81. The van der Waals surface area contributed by atoms with Gasteiger partial charge in [0.1, 0.15) is 5.01 Å². The second-order valence-corrected chi connectivity index (χ2v) is 7.86. The van der Waals surface area contributed by atoms with Crippen LogP contribution in [0.1, 0.15) is 20.9 Å². The molecule has 0 aliphatic heterocycles. The van der Waals surface area contributed by atoms with Crippen LogP contribution in [0.5, 0.6) is 0 Å². The monoisotopic (exact) mass is 434 g/mol. The van der Waals surface area contributed by atoms with Gasteiger partial charge in [-0.25, -0.2) is 4.98 Å². The number of hydrogen-bond acceptors (Lipinski definition) is 3. The molecule has 1 N–H and O–H groups in total. The van der Waals surface area contributed by atoms with E-state index in [0.717, 1.165) is 25.3 Å². The first kappa shape index (κ1) is 17.6. The summed E-state index contributed by atoms with van der Waals surface area (Å²) in [5.41, 5.74) is 3.21. The summed E-state index contributed by atoms with van der Waals surface area (Å²) < 4.78 is 2.10. The summed E-state index contributed by atoms with van der Waals surface area (Å²) in [7, 11) is 0. The number of nitrogens with one attached hydrogen (secondary N) is 1. The fourth-order valence-electron chi connectivity index (χ4n) is 2.65. The van der Waals surface area contributed by atoms with Crippen LogP contribution in [-0.2, 0) is 0 Å². The van der Waals surface area contributed by atoms with Crippen molar-refractivity contribution in [1.82, 2.24) is 10.3 Å².